The van der Waals surface area contributed by atoms with Gasteiger partial charge >= 0.3 is 0 Å². The van der Waals surface area contributed by atoms with Crippen LogP contribution in [0.1, 0.15) is 18.4 Å². The number of aliphatic hydroxyl groups excluding tert-OH is 1. The first kappa shape index (κ1) is 9.59. The molecule has 76 valence electrons. The first-order valence-electron chi connectivity index (χ1n) is 4.71. The third-order valence-electron chi connectivity index (χ3n) is 2.91. The highest BCUT2D eigenvalue weighted by molar-refractivity contribution is 5.22. The number of rotatable bonds is 3. The van der Waals surface area contributed by atoms with Crippen LogP contribution < -0.4 is 0 Å². The fourth-order valence-electron chi connectivity index (χ4n) is 1.64. The van der Waals surface area contributed by atoms with E-state index in [2.05, 4.69) is 0 Å². The van der Waals surface area contributed by atoms with Crippen LogP contribution in [0, 0.1) is 17.0 Å². The predicted octanol–water partition coefficient (Wildman–Crippen LogP) is 2.28. The molecule has 1 saturated carbocycles. The van der Waals surface area contributed by atoms with Crippen LogP contribution in [0.4, 0.5) is 8.78 Å². The first-order valence-corrected chi connectivity index (χ1v) is 4.71. The van der Waals surface area contributed by atoms with E-state index < -0.39 is 11.6 Å². The van der Waals surface area contributed by atoms with Gasteiger partial charge in [0.15, 0.2) is 0 Å². The van der Waals surface area contributed by atoms with Crippen LogP contribution in [0.2, 0.25) is 0 Å². The number of halogens is 2. The second-order valence-corrected chi connectivity index (χ2v) is 4.04. The Balaban J connectivity index is 2.24. The van der Waals surface area contributed by atoms with Crippen LogP contribution in [0.15, 0.2) is 18.2 Å². The molecule has 1 fully saturated rings. The van der Waals surface area contributed by atoms with Crippen molar-refractivity contribution >= 4 is 0 Å². The maximum absolute atomic E-state index is 13.2. The van der Waals surface area contributed by atoms with Gasteiger partial charge in [-0.15, -0.1) is 0 Å². The van der Waals surface area contributed by atoms with Gasteiger partial charge in [0, 0.05) is 12.2 Å². The Bertz CT molecular complexity index is 325. The fraction of sp³-hybridized carbons (Fsp3) is 0.455. The number of benzene rings is 1. The molecule has 1 aromatic rings. The summed E-state index contributed by atoms with van der Waals surface area (Å²) in [7, 11) is 0. The van der Waals surface area contributed by atoms with Gasteiger partial charge in [0.05, 0.1) is 0 Å². The summed E-state index contributed by atoms with van der Waals surface area (Å²) in [6, 6.07) is 3.87. The Morgan fingerprint density at radius 3 is 2.21 bits per heavy atom. The lowest BCUT2D eigenvalue weighted by atomic mass is 9.97. The van der Waals surface area contributed by atoms with E-state index in [1.807, 2.05) is 0 Å². The van der Waals surface area contributed by atoms with E-state index in [-0.39, 0.29) is 17.6 Å². The minimum atomic E-state index is -0.510. The molecule has 0 heterocycles. The molecule has 0 unspecified atom stereocenters. The van der Waals surface area contributed by atoms with Crippen molar-refractivity contribution in [3.8, 4) is 0 Å². The Morgan fingerprint density at radius 1 is 1.21 bits per heavy atom. The van der Waals surface area contributed by atoms with Gasteiger partial charge in [-0.25, -0.2) is 8.78 Å². The topological polar surface area (TPSA) is 20.2 Å². The molecule has 1 aromatic carbocycles. The van der Waals surface area contributed by atoms with Gasteiger partial charge in [0.25, 0.3) is 0 Å². The lowest BCUT2D eigenvalue weighted by molar-refractivity contribution is 0.209. The van der Waals surface area contributed by atoms with Gasteiger partial charge in [0.1, 0.15) is 11.6 Å². The van der Waals surface area contributed by atoms with Crippen molar-refractivity contribution in [1.29, 1.82) is 0 Å². The van der Waals surface area contributed by atoms with Crippen LogP contribution in [0.5, 0.6) is 0 Å². The average molecular weight is 198 g/mol. The first-order chi connectivity index (χ1) is 6.67. The molecule has 0 aliphatic heterocycles. The van der Waals surface area contributed by atoms with Crippen molar-refractivity contribution in [3.05, 3.63) is 35.4 Å². The van der Waals surface area contributed by atoms with Crippen molar-refractivity contribution in [2.75, 3.05) is 6.61 Å². The number of hydrogen-bond donors (Lipinski definition) is 1. The maximum atomic E-state index is 13.2. The van der Waals surface area contributed by atoms with Gasteiger partial charge in [-0.05, 0) is 36.8 Å². The molecular formula is C11H12F2O. The van der Waals surface area contributed by atoms with E-state index in [4.69, 9.17) is 5.11 Å². The van der Waals surface area contributed by atoms with Gasteiger partial charge < -0.3 is 5.11 Å². The SMILES string of the molecule is OCC1(Cc2c(F)cccc2F)CC1. The second-order valence-electron chi connectivity index (χ2n) is 4.04. The molecule has 0 saturated heterocycles. The number of hydrogen-bond acceptors (Lipinski definition) is 1. The van der Waals surface area contributed by atoms with E-state index >= 15 is 0 Å². The lowest BCUT2D eigenvalue weighted by Gasteiger charge is -2.12. The van der Waals surface area contributed by atoms with Crippen molar-refractivity contribution in [3.63, 3.8) is 0 Å². The molecule has 14 heavy (non-hydrogen) atoms. The van der Waals surface area contributed by atoms with E-state index in [0.717, 1.165) is 12.8 Å². The zero-order chi connectivity index (χ0) is 10.2. The van der Waals surface area contributed by atoms with Gasteiger partial charge in [-0.2, -0.15) is 0 Å². The van der Waals surface area contributed by atoms with E-state index in [9.17, 15) is 8.78 Å². The summed E-state index contributed by atoms with van der Waals surface area (Å²) >= 11 is 0. The molecule has 1 aliphatic carbocycles. The summed E-state index contributed by atoms with van der Waals surface area (Å²) in [5.41, 5.74) is -0.137. The van der Waals surface area contributed by atoms with Crippen LogP contribution in [-0.2, 0) is 6.42 Å². The van der Waals surface area contributed by atoms with Crippen molar-refractivity contribution in [1.82, 2.24) is 0 Å². The summed E-state index contributed by atoms with van der Waals surface area (Å²) in [5.74, 6) is -1.02. The van der Waals surface area contributed by atoms with Gasteiger partial charge in [-0.3, -0.25) is 0 Å². The predicted molar refractivity (Wildman–Crippen MR) is 48.8 cm³/mol. The molecule has 0 aromatic heterocycles. The molecule has 2 rings (SSSR count). The van der Waals surface area contributed by atoms with Crippen molar-refractivity contribution in [2.24, 2.45) is 5.41 Å². The zero-order valence-corrected chi connectivity index (χ0v) is 7.76. The van der Waals surface area contributed by atoms with E-state index in [0.29, 0.717) is 6.42 Å². The molecule has 1 nitrogen and oxygen atoms in total. The van der Waals surface area contributed by atoms with Crippen LogP contribution in [-0.4, -0.2) is 11.7 Å². The quantitative estimate of drug-likeness (QED) is 0.790. The van der Waals surface area contributed by atoms with Crippen molar-refractivity contribution < 1.29 is 13.9 Å². The zero-order valence-electron chi connectivity index (χ0n) is 7.76. The lowest BCUT2D eigenvalue weighted by Crippen LogP contribution is -2.12. The van der Waals surface area contributed by atoms with E-state index in [1.54, 1.807) is 0 Å². The van der Waals surface area contributed by atoms with Crippen LogP contribution in [0.25, 0.3) is 0 Å². The average Bonchev–Trinajstić information content (AvgIpc) is 2.93. The highest BCUT2D eigenvalue weighted by Gasteiger charge is 2.42. The monoisotopic (exact) mass is 198 g/mol. The summed E-state index contributed by atoms with van der Waals surface area (Å²) in [5, 5.41) is 9.05. The fourth-order valence-corrected chi connectivity index (χ4v) is 1.64. The molecular weight excluding hydrogens is 186 g/mol. The molecule has 0 bridgehead atoms. The maximum Gasteiger partial charge on any atom is 0.129 e. The van der Waals surface area contributed by atoms with Crippen LogP contribution in [0.3, 0.4) is 0 Å². The summed E-state index contributed by atoms with van der Waals surface area (Å²) in [6.45, 7) is 0.0147. The Labute approximate surface area is 81.4 Å². The third kappa shape index (κ3) is 1.64. The minimum absolute atomic E-state index is 0.0147. The molecule has 1 aliphatic rings. The molecule has 3 heteroatoms. The third-order valence-corrected chi connectivity index (χ3v) is 2.91. The van der Waals surface area contributed by atoms with Gasteiger partial charge in [0.2, 0.25) is 0 Å². The molecule has 0 amide bonds. The Hall–Kier alpha value is -0.960. The minimum Gasteiger partial charge on any atom is -0.396 e. The van der Waals surface area contributed by atoms with E-state index in [1.165, 1.54) is 18.2 Å². The Morgan fingerprint density at radius 2 is 1.79 bits per heavy atom. The summed E-state index contributed by atoms with van der Waals surface area (Å²) in [4.78, 5) is 0. The summed E-state index contributed by atoms with van der Waals surface area (Å²) < 4.78 is 26.4. The van der Waals surface area contributed by atoms with Crippen LogP contribution >= 0.6 is 0 Å². The second kappa shape index (κ2) is 3.31. The molecule has 0 atom stereocenters. The molecule has 0 radical (unpaired) electrons. The smallest absolute Gasteiger partial charge is 0.129 e. The highest BCUT2D eigenvalue weighted by atomic mass is 19.1. The van der Waals surface area contributed by atoms with Gasteiger partial charge in [-0.1, -0.05) is 6.07 Å². The summed E-state index contributed by atoms with van der Waals surface area (Å²) in [6.07, 6.45) is 2.02. The molecule has 1 N–H and O–H groups in total. The van der Waals surface area contributed by atoms with Crippen molar-refractivity contribution in [2.45, 2.75) is 19.3 Å². The largest absolute Gasteiger partial charge is 0.396 e. The normalized spacial score (nSPS) is 18.2. The molecule has 0 spiro atoms. The highest BCUT2D eigenvalue weighted by Crippen LogP contribution is 2.48. The Kier molecular flexibility index (Phi) is 2.27. The standard InChI is InChI=1S/C11H12F2O/c12-9-2-1-3-10(13)8(9)6-11(7-14)4-5-11/h1-3,14H,4-7H2. The number of aliphatic hydroxyl groups is 1.